The Morgan fingerprint density at radius 1 is 1.24 bits per heavy atom. The number of rotatable bonds is 7. The highest BCUT2D eigenvalue weighted by molar-refractivity contribution is 5.99. The Bertz CT molecular complexity index is 543. The van der Waals surface area contributed by atoms with Gasteiger partial charge in [0.25, 0.3) is 5.91 Å². The molecule has 0 saturated heterocycles. The van der Waals surface area contributed by atoms with Crippen LogP contribution in [0.5, 0.6) is 0 Å². The van der Waals surface area contributed by atoms with E-state index >= 15 is 0 Å². The summed E-state index contributed by atoms with van der Waals surface area (Å²) in [7, 11) is 0. The lowest BCUT2D eigenvalue weighted by atomic mass is 10.0. The zero-order valence-corrected chi connectivity index (χ0v) is 11.9. The summed E-state index contributed by atoms with van der Waals surface area (Å²) in [5.74, 6) is -2.40. The highest BCUT2D eigenvalue weighted by atomic mass is 16.4. The number of primary amides is 1. The number of hydrogen-bond acceptors (Lipinski definition) is 4. The second-order valence-corrected chi connectivity index (χ2v) is 4.89. The lowest BCUT2D eigenvalue weighted by Gasteiger charge is -2.18. The van der Waals surface area contributed by atoms with E-state index in [1.165, 1.54) is 6.07 Å². The Kier molecular flexibility index (Phi) is 5.71. The van der Waals surface area contributed by atoms with Crippen molar-refractivity contribution in [2.75, 3.05) is 11.9 Å². The van der Waals surface area contributed by atoms with Crippen molar-refractivity contribution in [2.45, 2.75) is 19.9 Å². The lowest BCUT2D eigenvalue weighted by molar-refractivity contribution is -0.142. The third kappa shape index (κ3) is 4.79. The topological polar surface area (TPSA) is 122 Å². The van der Waals surface area contributed by atoms with Crippen molar-refractivity contribution in [2.24, 2.45) is 11.7 Å². The van der Waals surface area contributed by atoms with Crippen molar-refractivity contribution in [1.29, 1.82) is 0 Å². The molecule has 0 saturated carbocycles. The minimum Gasteiger partial charge on any atom is -0.480 e. The van der Waals surface area contributed by atoms with E-state index in [1.54, 1.807) is 32.0 Å². The van der Waals surface area contributed by atoms with Gasteiger partial charge in [-0.1, -0.05) is 26.0 Å². The number of nitrogens with two attached hydrogens (primary N) is 1. The SMILES string of the molecule is CC(C)[C@@H](NC(=O)CNc1ccccc1C(N)=O)C(=O)O. The van der Waals surface area contributed by atoms with Gasteiger partial charge in [0.15, 0.2) is 0 Å². The maximum absolute atomic E-state index is 11.8. The van der Waals surface area contributed by atoms with Gasteiger partial charge in [-0.25, -0.2) is 4.79 Å². The first kappa shape index (κ1) is 16.5. The molecule has 5 N–H and O–H groups in total. The Balaban J connectivity index is 2.65. The van der Waals surface area contributed by atoms with E-state index < -0.39 is 23.8 Å². The van der Waals surface area contributed by atoms with Crippen molar-refractivity contribution < 1.29 is 19.5 Å². The smallest absolute Gasteiger partial charge is 0.326 e. The maximum Gasteiger partial charge on any atom is 0.326 e. The number of carbonyl (C=O) groups excluding carboxylic acids is 2. The number of anilines is 1. The third-order valence-electron chi connectivity index (χ3n) is 2.88. The summed E-state index contributed by atoms with van der Waals surface area (Å²) in [6, 6.07) is 5.55. The number of para-hydroxylation sites is 1. The van der Waals surface area contributed by atoms with Gasteiger partial charge in [-0.2, -0.15) is 0 Å². The van der Waals surface area contributed by atoms with E-state index in [9.17, 15) is 14.4 Å². The van der Waals surface area contributed by atoms with Crippen LogP contribution in [0.3, 0.4) is 0 Å². The van der Waals surface area contributed by atoms with E-state index in [-0.39, 0.29) is 18.0 Å². The molecular formula is C14H19N3O4. The molecule has 1 atom stereocenters. The van der Waals surface area contributed by atoms with Gasteiger partial charge in [0.2, 0.25) is 5.91 Å². The van der Waals surface area contributed by atoms with Crippen LogP contribution in [0, 0.1) is 5.92 Å². The standard InChI is InChI=1S/C14H19N3O4/c1-8(2)12(14(20)21)17-11(18)7-16-10-6-4-3-5-9(10)13(15)19/h3-6,8,12,16H,7H2,1-2H3,(H2,15,19)(H,17,18)(H,20,21)/t12-/m1/s1. The first-order valence-electron chi connectivity index (χ1n) is 6.47. The largest absolute Gasteiger partial charge is 0.480 e. The van der Waals surface area contributed by atoms with Crippen LogP contribution in [-0.4, -0.2) is 35.5 Å². The first-order chi connectivity index (χ1) is 9.82. The predicted molar refractivity (Wildman–Crippen MR) is 77.9 cm³/mol. The molecule has 0 radical (unpaired) electrons. The number of amides is 2. The number of carbonyl (C=O) groups is 3. The van der Waals surface area contributed by atoms with Crippen LogP contribution in [-0.2, 0) is 9.59 Å². The van der Waals surface area contributed by atoms with Crippen LogP contribution < -0.4 is 16.4 Å². The monoisotopic (exact) mass is 293 g/mol. The summed E-state index contributed by atoms with van der Waals surface area (Å²) >= 11 is 0. The average Bonchev–Trinajstić information content (AvgIpc) is 2.42. The first-order valence-corrected chi connectivity index (χ1v) is 6.47. The van der Waals surface area contributed by atoms with Crippen LogP contribution >= 0.6 is 0 Å². The molecule has 0 aliphatic heterocycles. The van der Waals surface area contributed by atoms with Gasteiger partial charge in [-0.05, 0) is 18.1 Å². The second kappa shape index (κ2) is 7.28. The van der Waals surface area contributed by atoms with Gasteiger partial charge in [0.1, 0.15) is 6.04 Å². The molecular weight excluding hydrogens is 274 g/mol. The van der Waals surface area contributed by atoms with Gasteiger partial charge in [0, 0.05) is 5.69 Å². The molecule has 0 heterocycles. The molecule has 0 aliphatic carbocycles. The van der Waals surface area contributed by atoms with Crippen molar-refractivity contribution in [3.63, 3.8) is 0 Å². The fourth-order valence-corrected chi connectivity index (χ4v) is 1.77. The number of nitrogens with one attached hydrogen (secondary N) is 2. The highest BCUT2D eigenvalue weighted by Crippen LogP contribution is 2.13. The maximum atomic E-state index is 11.8. The summed E-state index contributed by atoms with van der Waals surface area (Å²) in [6.07, 6.45) is 0. The molecule has 114 valence electrons. The number of benzene rings is 1. The number of carboxylic acids is 1. The van der Waals surface area contributed by atoms with Gasteiger partial charge in [-0.3, -0.25) is 9.59 Å². The van der Waals surface area contributed by atoms with E-state index in [2.05, 4.69) is 10.6 Å². The minimum atomic E-state index is -1.09. The Labute approximate surface area is 122 Å². The molecule has 0 aliphatic rings. The normalized spacial score (nSPS) is 11.8. The van der Waals surface area contributed by atoms with Crippen molar-refractivity contribution in [1.82, 2.24) is 5.32 Å². The minimum absolute atomic E-state index is 0.152. The highest BCUT2D eigenvalue weighted by Gasteiger charge is 2.23. The summed E-state index contributed by atoms with van der Waals surface area (Å²) in [6.45, 7) is 3.25. The lowest BCUT2D eigenvalue weighted by Crippen LogP contribution is -2.46. The molecule has 1 aromatic rings. The van der Waals surface area contributed by atoms with Crippen LogP contribution in [0.15, 0.2) is 24.3 Å². The molecule has 7 heteroatoms. The number of aliphatic carboxylic acids is 1. The van der Waals surface area contributed by atoms with Crippen molar-refractivity contribution in [3.05, 3.63) is 29.8 Å². The molecule has 0 spiro atoms. The number of hydrogen-bond donors (Lipinski definition) is 4. The summed E-state index contributed by atoms with van der Waals surface area (Å²) in [4.78, 5) is 34.0. The molecule has 2 amide bonds. The average molecular weight is 293 g/mol. The molecule has 0 aromatic heterocycles. The predicted octanol–water partition coefficient (Wildman–Crippen LogP) is 0.423. The molecule has 0 unspecified atom stereocenters. The molecule has 1 aromatic carbocycles. The van der Waals surface area contributed by atoms with Crippen molar-refractivity contribution >= 4 is 23.5 Å². The second-order valence-electron chi connectivity index (χ2n) is 4.89. The van der Waals surface area contributed by atoms with Crippen LogP contribution in [0.25, 0.3) is 0 Å². The van der Waals surface area contributed by atoms with Gasteiger partial charge < -0.3 is 21.5 Å². The van der Waals surface area contributed by atoms with Crippen LogP contribution in [0.1, 0.15) is 24.2 Å². The molecule has 0 bridgehead atoms. The van der Waals surface area contributed by atoms with Crippen LogP contribution in [0.2, 0.25) is 0 Å². The third-order valence-corrected chi connectivity index (χ3v) is 2.88. The van der Waals surface area contributed by atoms with Crippen LogP contribution in [0.4, 0.5) is 5.69 Å². The van der Waals surface area contributed by atoms with E-state index in [4.69, 9.17) is 10.8 Å². The van der Waals surface area contributed by atoms with Crippen molar-refractivity contribution in [3.8, 4) is 0 Å². The van der Waals surface area contributed by atoms with E-state index in [0.717, 1.165) is 0 Å². The summed E-state index contributed by atoms with van der Waals surface area (Å²) in [5.41, 5.74) is 5.92. The fraction of sp³-hybridized carbons (Fsp3) is 0.357. The Morgan fingerprint density at radius 3 is 2.38 bits per heavy atom. The summed E-state index contributed by atoms with van der Waals surface area (Å²) < 4.78 is 0. The quantitative estimate of drug-likeness (QED) is 0.580. The molecule has 0 fully saturated rings. The zero-order chi connectivity index (χ0) is 16.0. The van der Waals surface area contributed by atoms with Gasteiger partial charge >= 0.3 is 5.97 Å². The molecule has 21 heavy (non-hydrogen) atoms. The molecule has 1 rings (SSSR count). The van der Waals surface area contributed by atoms with Gasteiger partial charge in [-0.15, -0.1) is 0 Å². The summed E-state index contributed by atoms with van der Waals surface area (Å²) in [5, 5.41) is 14.2. The zero-order valence-electron chi connectivity index (χ0n) is 11.9. The Hall–Kier alpha value is -2.57. The number of carboxylic acid groups (broad SMARTS) is 1. The fourth-order valence-electron chi connectivity index (χ4n) is 1.77. The molecule has 7 nitrogen and oxygen atoms in total. The van der Waals surface area contributed by atoms with E-state index in [1.807, 2.05) is 0 Å². The Morgan fingerprint density at radius 2 is 1.86 bits per heavy atom. The van der Waals surface area contributed by atoms with Gasteiger partial charge in [0.05, 0.1) is 12.1 Å². The van der Waals surface area contributed by atoms with E-state index in [0.29, 0.717) is 5.69 Å².